The van der Waals surface area contributed by atoms with Gasteiger partial charge in [-0.1, -0.05) is 12.1 Å². The molecule has 1 aromatic rings. The van der Waals surface area contributed by atoms with Crippen molar-refractivity contribution >= 4 is 5.97 Å². The Morgan fingerprint density at radius 3 is 2.47 bits per heavy atom. The van der Waals surface area contributed by atoms with Gasteiger partial charge in [-0.25, -0.2) is 4.79 Å². The van der Waals surface area contributed by atoms with Gasteiger partial charge in [-0.05, 0) is 24.6 Å². The van der Waals surface area contributed by atoms with Crippen LogP contribution in [0.25, 0.3) is 0 Å². The van der Waals surface area contributed by atoms with Crippen molar-refractivity contribution in [1.82, 2.24) is 10.6 Å². The number of carbonyl (C=O) groups is 1. The molecule has 2 N–H and O–H groups in total. The Balaban J connectivity index is 2.05. The molecule has 2 atom stereocenters. The SMILES string of the molecule is COC(=O)c1ccc(C2CNC(C)CN2)cc1. The third-order valence-corrected chi connectivity index (χ3v) is 3.08. The second-order valence-electron chi connectivity index (χ2n) is 4.38. The monoisotopic (exact) mass is 234 g/mol. The van der Waals surface area contributed by atoms with Crippen LogP contribution in [0.5, 0.6) is 0 Å². The van der Waals surface area contributed by atoms with Crippen LogP contribution in [0.3, 0.4) is 0 Å². The number of methoxy groups -OCH3 is 1. The Labute approximate surface area is 101 Å². The second-order valence-corrected chi connectivity index (χ2v) is 4.38. The minimum Gasteiger partial charge on any atom is -0.465 e. The summed E-state index contributed by atoms with van der Waals surface area (Å²) in [5.41, 5.74) is 1.78. The predicted molar refractivity (Wildman–Crippen MR) is 66.0 cm³/mol. The summed E-state index contributed by atoms with van der Waals surface area (Å²) in [6.07, 6.45) is 0. The van der Waals surface area contributed by atoms with Gasteiger partial charge in [0.15, 0.2) is 0 Å². The summed E-state index contributed by atoms with van der Waals surface area (Å²) in [6.45, 7) is 4.03. The third-order valence-electron chi connectivity index (χ3n) is 3.08. The number of piperazine rings is 1. The average molecular weight is 234 g/mol. The molecule has 0 radical (unpaired) electrons. The minimum atomic E-state index is -0.292. The summed E-state index contributed by atoms with van der Waals surface area (Å²) < 4.78 is 4.67. The number of rotatable bonds is 2. The lowest BCUT2D eigenvalue weighted by molar-refractivity contribution is 0.0600. The van der Waals surface area contributed by atoms with Crippen molar-refractivity contribution in [1.29, 1.82) is 0 Å². The Hall–Kier alpha value is -1.39. The van der Waals surface area contributed by atoms with E-state index in [4.69, 9.17) is 0 Å². The van der Waals surface area contributed by atoms with E-state index in [1.54, 1.807) is 12.1 Å². The standard InChI is InChI=1S/C13H18N2O2/c1-9-7-15-12(8-14-9)10-3-5-11(6-4-10)13(16)17-2/h3-6,9,12,14-15H,7-8H2,1-2H3. The number of hydrogen-bond acceptors (Lipinski definition) is 4. The van der Waals surface area contributed by atoms with Gasteiger partial charge in [0.2, 0.25) is 0 Å². The van der Waals surface area contributed by atoms with Crippen molar-refractivity contribution < 1.29 is 9.53 Å². The fourth-order valence-electron chi connectivity index (χ4n) is 1.99. The lowest BCUT2D eigenvalue weighted by atomic mass is 10.0. The molecule has 2 unspecified atom stereocenters. The van der Waals surface area contributed by atoms with Crippen LogP contribution in [0.1, 0.15) is 28.9 Å². The van der Waals surface area contributed by atoms with Crippen molar-refractivity contribution in [3.05, 3.63) is 35.4 Å². The van der Waals surface area contributed by atoms with Gasteiger partial charge < -0.3 is 15.4 Å². The topological polar surface area (TPSA) is 50.4 Å². The van der Waals surface area contributed by atoms with Crippen LogP contribution in [0.15, 0.2) is 24.3 Å². The van der Waals surface area contributed by atoms with Gasteiger partial charge in [0.25, 0.3) is 0 Å². The normalized spacial score (nSPS) is 24.4. The van der Waals surface area contributed by atoms with Crippen molar-refractivity contribution in [3.8, 4) is 0 Å². The van der Waals surface area contributed by atoms with Crippen LogP contribution < -0.4 is 10.6 Å². The molecule has 0 aliphatic carbocycles. The summed E-state index contributed by atoms with van der Waals surface area (Å²) in [7, 11) is 1.39. The van der Waals surface area contributed by atoms with Crippen molar-refractivity contribution in [3.63, 3.8) is 0 Å². The molecular weight excluding hydrogens is 216 g/mol. The summed E-state index contributed by atoms with van der Waals surface area (Å²) in [4.78, 5) is 11.3. The Bertz CT molecular complexity index is 381. The van der Waals surface area contributed by atoms with E-state index in [1.807, 2.05) is 12.1 Å². The van der Waals surface area contributed by atoms with E-state index in [0.717, 1.165) is 13.1 Å². The highest BCUT2D eigenvalue weighted by Gasteiger charge is 2.18. The number of hydrogen-bond donors (Lipinski definition) is 2. The molecule has 92 valence electrons. The van der Waals surface area contributed by atoms with E-state index < -0.39 is 0 Å². The first kappa shape index (κ1) is 12.1. The lowest BCUT2D eigenvalue weighted by Crippen LogP contribution is -2.48. The van der Waals surface area contributed by atoms with Crippen LogP contribution in [0, 0.1) is 0 Å². The lowest BCUT2D eigenvalue weighted by Gasteiger charge is -2.29. The maximum atomic E-state index is 11.3. The Kier molecular flexibility index (Phi) is 3.76. The van der Waals surface area contributed by atoms with Crippen molar-refractivity contribution in [2.45, 2.75) is 19.0 Å². The molecule has 1 heterocycles. The molecule has 1 aliphatic rings. The Morgan fingerprint density at radius 2 is 1.94 bits per heavy atom. The number of nitrogens with one attached hydrogen (secondary N) is 2. The first-order valence-electron chi connectivity index (χ1n) is 5.85. The molecule has 0 amide bonds. The van der Waals surface area contributed by atoms with Gasteiger partial charge in [0, 0.05) is 25.2 Å². The molecular formula is C13H18N2O2. The van der Waals surface area contributed by atoms with Crippen LogP contribution >= 0.6 is 0 Å². The maximum absolute atomic E-state index is 11.3. The molecule has 4 heteroatoms. The average Bonchev–Trinajstić information content (AvgIpc) is 2.39. The molecule has 4 nitrogen and oxygen atoms in total. The number of benzene rings is 1. The third kappa shape index (κ3) is 2.84. The molecule has 0 saturated carbocycles. The van der Waals surface area contributed by atoms with Crippen LogP contribution in [0.2, 0.25) is 0 Å². The highest BCUT2D eigenvalue weighted by Crippen LogP contribution is 2.16. The van der Waals surface area contributed by atoms with Gasteiger partial charge in [0.1, 0.15) is 0 Å². The number of esters is 1. The molecule has 2 rings (SSSR count). The van der Waals surface area contributed by atoms with E-state index in [2.05, 4.69) is 22.3 Å². The minimum absolute atomic E-state index is 0.292. The van der Waals surface area contributed by atoms with Gasteiger partial charge in [-0.3, -0.25) is 0 Å². The van der Waals surface area contributed by atoms with Crippen molar-refractivity contribution in [2.75, 3.05) is 20.2 Å². The Morgan fingerprint density at radius 1 is 1.24 bits per heavy atom. The maximum Gasteiger partial charge on any atom is 0.337 e. The van der Waals surface area contributed by atoms with Gasteiger partial charge >= 0.3 is 5.97 Å². The van der Waals surface area contributed by atoms with E-state index >= 15 is 0 Å². The molecule has 1 aromatic carbocycles. The molecule has 17 heavy (non-hydrogen) atoms. The smallest absolute Gasteiger partial charge is 0.337 e. The number of carbonyl (C=O) groups excluding carboxylic acids is 1. The highest BCUT2D eigenvalue weighted by atomic mass is 16.5. The first-order chi connectivity index (χ1) is 8.20. The summed E-state index contributed by atoms with van der Waals surface area (Å²) in [5.74, 6) is -0.292. The van der Waals surface area contributed by atoms with E-state index in [-0.39, 0.29) is 5.97 Å². The summed E-state index contributed by atoms with van der Waals surface area (Å²) >= 11 is 0. The van der Waals surface area contributed by atoms with Gasteiger partial charge in [-0.2, -0.15) is 0 Å². The second kappa shape index (κ2) is 5.29. The molecule has 1 fully saturated rings. The molecule has 1 saturated heterocycles. The van der Waals surface area contributed by atoms with Crippen LogP contribution in [-0.2, 0) is 4.74 Å². The quantitative estimate of drug-likeness (QED) is 0.752. The molecule has 0 aromatic heterocycles. The van der Waals surface area contributed by atoms with Crippen molar-refractivity contribution in [2.24, 2.45) is 0 Å². The summed E-state index contributed by atoms with van der Waals surface area (Å²) in [5, 5.41) is 6.89. The summed E-state index contributed by atoms with van der Waals surface area (Å²) in [6, 6.07) is 8.39. The van der Waals surface area contributed by atoms with Crippen LogP contribution in [-0.4, -0.2) is 32.2 Å². The fraction of sp³-hybridized carbons (Fsp3) is 0.462. The van der Waals surface area contributed by atoms with E-state index in [0.29, 0.717) is 17.6 Å². The predicted octanol–water partition coefficient (Wildman–Crippen LogP) is 1.10. The highest BCUT2D eigenvalue weighted by molar-refractivity contribution is 5.89. The molecule has 0 spiro atoms. The molecule has 1 aliphatic heterocycles. The largest absolute Gasteiger partial charge is 0.465 e. The van der Waals surface area contributed by atoms with E-state index in [1.165, 1.54) is 12.7 Å². The van der Waals surface area contributed by atoms with E-state index in [9.17, 15) is 4.79 Å². The fourth-order valence-corrected chi connectivity index (χ4v) is 1.99. The zero-order valence-corrected chi connectivity index (χ0v) is 10.2. The molecule has 0 bridgehead atoms. The zero-order valence-electron chi connectivity index (χ0n) is 10.2. The zero-order chi connectivity index (χ0) is 12.3. The van der Waals surface area contributed by atoms with Gasteiger partial charge in [0.05, 0.1) is 12.7 Å². The van der Waals surface area contributed by atoms with Crippen LogP contribution in [0.4, 0.5) is 0 Å². The number of ether oxygens (including phenoxy) is 1. The first-order valence-corrected chi connectivity index (χ1v) is 5.85. The van der Waals surface area contributed by atoms with Gasteiger partial charge in [-0.15, -0.1) is 0 Å².